The molecule has 0 aliphatic heterocycles. The summed E-state index contributed by atoms with van der Waals surface area (Å²) in [5, 5.41) is 5.52. The molecule has 0 aliphatic rings. The van der Waals surface area contributed by atoms with Gasteiger partial charge in [0.2, 0.25) is 5.91 Å². The number of amides is 2. The van der Waals surface area contributed by atoms with Crippen LogP contribution in [0.4, 0.5) is 14.5 Å². The molecule has 0 aliphatic carbocycles. The maximum atomic E-state index is 13.7. The first-order valence-electron chi connectivity index (χ1n) is 9.69. The standard InChI is InChI=1S/C24H22F2N2O3/c1-31-22-10-8-16(13-21(22)26)9-11-23(29)27-15-17-4-2-7-20(12-17)28-24(30)18-5-3-6-19(25)14-18/h2-8,10,12-14H,9,11,15H2,1H3,(H,27,29)(H,28,30). The average molecular weight is 424 g/mol. The Morgan fingerprint density at radius 1 is 0.935 bits per heavy atom. The van der Waals surface area contributed by atoms with Gasteiger partial charge in [-0.15, -0.1) is 0 Å². The van der Waals surface area contributed by atoms with Crippen LogP contribution in [-0.4, -0.2) is 18.9 Å². The van der Waals surface area contributed by atoms with Crippen LogP contribution in [0.3, 0.4) is 0 Å². The highest BCUT2D eigenvalue weighted by atomic mass is 19.1. The van der Waals surface area contributed by atoms with Gasteiger partial charge in [-0.1, -0.05) is 24.3 Å². The van der Waals surface area contributed by atoms with E-state index in [-0.39, 0.29) is 30.2 Å². The molecular formula is C24H22F2N2O3. The van der Waals surface area contributed by atoms with E-state index in [1.165, 1.54) is 37.4 Å². The van der Waals surface area contributed by atoms with Gasteiger partial charge in [-0.3, -0.25) is 9.59 Å². The number of rotatable bonds is 8. The molecule has 3 aromatic rings. The van der Waals surface area contributed by atoms with Crippen molar-refractivity contribution in [3.63, 3.8) is 0 Å². The van der Waals surface area contributed by atoms with Crippen LogP contribution in [0.15, 0.2) is 66.7 Å². The molecule has 0 spiro atoms. The van der Waals surface area contributed by atoms with Crippen molar-refractivity contribution >= 4 is 17.5 Å². The minimum atomic E-state index is -0.485. The summed E-state index contributed by atoms with van der Waals surface area (Å²) < 4.78 is 31.9. The molecule has 0 unspecified atom stereocenters. The number of halogens is 2. The number of benzene rings is 3. The molecule has 31 heavy (non-hydrogen) atoms. The third-order valence-corrected chi connectivity index (χ3v) is 4.62. The van der Waals surface area contributed by atoms with Crippen LogP contribution in [0.5, 0.6) is 5.75 Å². The molecule has 0 bridgehead atoms. The lowest BCUT2D eigenvalue weighted by Crippen LogP contribution is -2.23. The van der Waals surface area contributed by atoms with Gasteiger partial charge < -0.3 is 15.4 Å². The van der Waals surface area contributed by atoms with Crippen molar-refractivity contribution in [2.45, 2.75) is 19.4 Å². The zero-order valence-corrected chi connectivity index (χ0v) is 17.0. The van der Waals surface area contributed by atoms with E-state index in [4.69, 9.17) is 4.74 Å². The molecule has 7 heteroatoms. The highest BCUT2D eigenvalue weighted by Crippen LogP contribution is 2.18. The molecule has 3 rings (SSSR count). The molecule has 160 valence electrons. The van der Waals surface area contributed by atoms with E-state index in [0.717, 1.165) is 11.6 Å². The predicted octanol–water partition coefficient (Wildman–Crippen LogP) is 4.47. The number of methoxy groups -OCH3 is 1. The van der Waals surface area contributed by atoms with Gasteiger partial charge >= 0.3 is 0 Å². The Hall–Kier alpha value is -3.74. The summed E-state index contributed by atoms with van der Waals surface area (Å²) >= 11 is 0. The number of aryl methyl sites for hydroxylation is 1. The molecule has 2 N–H and O–H groups in total. The van der Waals surface area contributed by atoms with Gasteiger partial charge in [0, 0.05) is 24.2 Å². The summed E-state index contributed by atoms with van der Waals surface area (Å²) in [4.78, 5) is 24.4. The second-order valence-electron chi connectivity index (χ2n) is 6.91. The molecule has 2 amide bonds. The summed E-state index contributed by atoms with van der Waals surface area (Å²) in [6.45, 7) is 0.277. The van der Waals surface area contributed by atoms with Gasteiger partial charge in [-0.05, 0) is 60.0 Å². The van der Waals surface area contributed by atoms with Gasteiger partial charge in [-0.2, -0.15) is 0 Å². The third kappa shape index (κ3) is 6.37. The van der Waals surface area contributed by atoms with E-state index in [2.05, 4.69) is 10.6 Å². The first kappa shape index (κ1) is 22.0. The smallest absolute Gasteiger partial charge is 0.255 e. The van der Waals surface area contributed by atoms with E-state index < -0.39 is 17.5 Å². The fourth-order valence-electron chi connectivity index (χ4n) is 3.00. The molecule has 3 aromatic carbocycles. The van der Waals surface area contributed by atoms with Gasteiger partial charge in [0.15, 0.2) is 11.6 Å². The van der Waals surface area contributed by atoms with E-state index in [1.807, 2.05) is 6.07 Å². The maximum Gasteiger partial charge on any atom is 0.255 e. The first-order valence-corrected chi connectivity index (χ1v) is 9.69. The normalized spacial score (nSPS) is 10.4. The monoisotopic (exact) mass is 424 g/mol. The van der Waals surface area contributed by atoms with E-state index >= 15 is 0 Å². The van der Waals surface area contributed by atoms with Gasteiger partial charge in [0.25, 0.3) is 5.91 Å². The summed E-state index contributed by atoms with van der Waals surface area (Å²) in [6, 6.07) is 17.0. The second kappa shape index (κ2) is 10.3. The lowest BCUT2D eigenvalue weighted by atomic mass is 10.1. The van der Waals surface area contributed by atoms with Crippen molar-refractivity contribution in [3.05, 3.63) is 95.1 Å². The molecule has 0 aromatic heterocycles. The number of hydrogen-bond acceptors (Lipinski definition) is 3. The number of hydrogen-bond donors (Lipinski definition) is 2. The highest BCUT2D eigenvalue weighted by Gasteiger charge is 2.09. The molecule has 0 saturated carbocycles. The van der Waals surface area contributed by atoms with Crippen molar-refractivity contribution in [2.75, 3.05) is 12.4 Å². The Bertz CT molecular complexity index is 1090. The minimum absolute atomic E-state index is 0.164. The highest BCUT2D eigenvalue weighted by molar-refractivity contribution is 6.04. The SMILES string of the molecule is COc1ccc(CCC(=O)NCc2cccc(NC(=O)c3cccc(F)c3)c2)cc1F. The zero-order valence-electron chi connectivity index (χ0n) is 17.0. The number of nitrogens with one attached hydrogen (secondary N) is 2. The summed E-state index contributed by atoms with van der Waals surface area (Å²) in [7, 11) is 1.40. The van der Waals surface area contributed by atoms with E-state index in [0.29, 0.717) is 17.7 Å². The number of carbonyl (C=O) groups is 2. The second-order valence-corrected chi connectivity index (χ2v) is 6.91. The number of anilines is 1. The number of ether oxygens (including phenoxy) is 1. The molecule has 0 saturated heterocycles. The quantitative estimate of drug-likeness (QED) is 0.561. The van der Waals surface area contributed by atoms with Crippen LogP contribution in [0, 0.1) is 11.6 Å². The molecular weight excluding hydrogens is 402 g/mol. The summed E-state index contributed by atoms with van der Waals surface area (Å²) in [6.07, 6.45) is 0.609. The Morgan fingerprint density at radius 2 is 1.74 bits per heavy atom. The maximum absolute atomic E-state index is 13.7. The lowest BCUT2D eigenvalue weighted by molar-refractivity contribution is -0.121. The largest absolute Gasteiger partial charge is 0.494 e. The van der Waals surface area contributed by atoms with Crippen LogP contribution in [-0.2, 0) is 17.8 Å². The van der Waals surface area contributed by atoms with Crippen molar-refractivity contribution in [1.82, 2.24) is 5.32 Å². The van der Waals surface area contributed by atoms with Gasteiger partial charge in [0.1, 0.15) is 5.82 Å². The van der Waals surface area contributed by atoms with Crippen molar-refractivity contribution < 1.29 is 23.1 Å². The average Bonchev–Trinajstić information content (AvgIpc) is 2.76. The van der Waals surface area contributed by atoms with Gasteiger partial charge in [0.05, 0.1) is 7.11 Å². The topological polar surface area (TPSA) is 67.4 Å². The van der Waals surface area contributed by atoms with Crippen LogP contribution in [0.2, 0.25) is 0 Å². The zero-order chi connectivity index (χ0) is 22.2. The van der Waals surface area contributed by atoms with Gasteiger partial charge in [-0.25, -0.2) is 8.78 Å². The predicted molar refractivity (Wildman–Crippen MR) is 114 cm³/mol. The number of carbonyl (C=O) groups excluding carboxylic acids is 2. The van der Waals surface area contributed by atoms with Crippen molar-refractivity contribution in [3.8, 4) is 5.75 Å². The fourth-order valence-corrected chi connectivity index (χ4v) is 3.00. The van der Waals surface area contributed by atoms with Crippen LogP contribution >= 0.6 is 0 Å². The first-order chi connectivity index (χ1) is 14.9. The minimum Gasteiger partial charge on any atom is -0.494 e. The Morgan fingerprint density at radius 3 is 2.48 bits per heavy atom. The molecule has 0 radical (unpaired) electrons. The van der Waals surface area contributed by atoms with Crippen molar-refractivity contribution in [1.29, 1.82) is 0 Å². The molecule has 0 atom stereocenters. The van der Waals surface area contributed by atoms with Crippen LogP contribution in [0.25, 0.3) is 0 Å². The molecule has 5 nitrogen and oxygen atoms in total. The van der Waals surface area contributed by atoms with Crippen molar-refractivity contribution in [2.24, 2.45) is 0 Å². The Balaban J connectivity index is 1.51. The third-order valence-electron chi connectivity index (χ3n) is 4.62. The molecule has 0 fully saturated rings. The molecule has 0 heterocycles. The van der Waals surface area contributed by atoms with Crippen LogP contribution in [0.1, 0.15) is 27.9 Å². The lowest BCUT2D eigenvalue weighted by Gasteiger charge is -2.09. The Labute approximate surface area is 179 Å². The fraction of sp³-hybridized carbons (Fsp3) is 0.167. The summed E-state index contributed by atoms with van der Waals surface area (Å²) in [5.41, 5.74) is 2.25. The van der Waals surface area contributed by atoms with E-state index in [9.17, 15) is 18.4 Å². The van der Waals surface area contributed by atoms with E-state index in [1.54, 1.807) is 24.3 Å². The Kier molecular flexibility index (Phi) is 7.32. The van der Waals surface area contributed by atoms with Crippen LogP contribution < -0.4 is 15.4 Å². The summed E-state index contributed by atoms with van der Waals surface area (Å²) in [5.74, 6) is -1.38.